The Morgan fingerprint density at radius 3 is 2.42 bits per heavy atom. The number of carbonyl (C=O) groups excluding carboxylic acids is 1. The van der Waals surface area contributed by atoms with Gasteiger partial charge in [-0.05, 0) is 96.6 Å². The van der Waals surface area contributed by atoms with Gasteiger partial charge in [0.2, 0.25) is 0 Å². The van der Waals surface area contributed by atoms with Crippen LogP contribution in [0.15, 0.2) is 40.7 Å². The fourth-order valence-corrected chi connectivity index (χ4v) is 7.23. The zero-order valence-corrected chi connectivity index (χ0v) is 24.8. The van der Waals surface area contributed by atoms with Crippen LogP contribution in [-0.4, -0.2) is 59.2 Å². The van der Waals surface area contributed by atoms with Crippen LogP contribution in [0.25, 0.3) is 11.0 Å². The number of esters is 1. The number of allylic oxidation sites excluding steroid dienone is 1. The highest BCUT2D eigenvalue weighted by Crippen LogP contribution is 2.41. The number of nitrogens with one attached hydrogen (secondary N) is 1. The molecular weight excluding hydrogens is 500 g/mol. The Hall–Kier alpha value is -2.51. The quantitative estimate of drug-likeness (QED) is 0.311. The molecule has 7 heteroatoms. The number of hydrogen-bond donors (Lipinski definition) is 1. The van der Waals surface area contributed by atoms with Crippen molar-refractivity contribution in [1.29, 1.82) is 0 Å². The standard InChI is InChI=1S/C33H48N4O3/c1-4-40-32(39)33(36(2)3)21-18-25(19-22-33)30-31(38)37(29-15-11-10-14-27(29)35-30)28-17-16-24(28)20-23-34-26-12-8-6-5-7-9-13-26/h10-11,14-16,25-26,28,34H,4-9,12-13,17-23H2,1-3H3/t25?,28-,33?/m1/s1. The van der Waals surface area contributed by atoms with Crippen LogP contribution in [-0.2, 0) is 9.53 Å². The average molecular weight is 549 g/mol. The van der Waals surface area contributed by atoms with Crippen molar-refractivity contribution in [1.82, 2.24) is 19.8 Å². The number of rotatable bonds is 9. The molecule has 1 N–H and O–H groups in total. The van der Waals surface area contributed by atoms with E-state index in [-0.39, 0.29) is 23.5 Å². The molecule has 0 radical (unpaired) electrons. The monoisotopic (exact) mass is 548 g/mol. The van der Waals surface area contributed by atoms with E-state index in [1.54, 1.807) is 0 Å². The van der Waals surface area contributed by atoms with E-state index in [2.05, 4.69) is 11.4 Å². The summed E-state index contributed by atoms with van der Waals surface area (Å²) in [4.78, 5) is 34.0. The van der Waals surface area contributed by atoms with Crippen LogP contribution in [0.2, 0.25) is 0 Å². The van der Waals surface area contributed by atoms with Gasteiger partial charge in [0.25, 0.3) is 5.56 Å². The summed E-state index contributed by atoms with van der Waals surface area (Å²) < 4.78 is 7.49. The lowest BCUT2D eigenvalue weighted by molar-refractivity contribution is -0.158. The summed E-state index contributed by atoms with van der Waals surface area (Å²) in [6, 6.07) is 8.80. The molecule has 5 rings (SSSR count). The molecule has 1 aromatic heterocycles. The third-order valence-corrected chi connectivity index (χ3v) is 9.83. The fourth-order valence-electron chi connectivity index (χ4n) is 7.23. The van der Waals surface area contributed by atoms with Crippen molar-refractivity contribution < 1.29 is 9.53 Å². The van der Waals surface area contributed by atoms with Gasteiger partial charge in [-0.25, -0.2) is 4.98 Å². The topological polar surface area (TPSA) is 76.5 Å². The van der Waals surface area contributed by atoms with Crippen LogP contribution < -0.4 is 10.9 Å². The predicted molar refractivity (Wildman–Crippen MR) is 161 cm³/mol. The Kier molecular flexibility index (Phi) is 9.41. The van der Waals surface area contributed by atoms with Gasteiger partial charge in [0.15, 0.2) is 0 Å². The smallest absolute Gasteiger partial charge is 0.326 e. The molecule has 218 valence electrons. The summed E-state index contributed by atoms with van der Waals surface area (Å²) in [5.41, 5.74) is 3.24. The third kappa shape index (κ3) is 5.91. The molecule has 1 heterocycles. The molecule has 0 unspecified atom stereocenters. The lowest BCUT2D eigenvalue weighted by Crippen LogP contribution is -2.54. The maximum atomic E-state index is 14.1. The van der Waals surface area contributed by atoms with Crippen molar-refractivity contribution in [2.45, 2.75) is 114 Å². The minimum atomic E-state index is -0.629. The second-order valence-electron chi connectivity index (χ2n) is 12.4. The summed E-state index contributed by atoms with van der Waals surface area (Å²) in [5, 5.41) is 3.83. The van der Waals surface area contributed by atoms with Crippen molar-refractivity contribution in [2.24, 2.45) is 0 Å². The average Bonchev–Trinajstić information content (AvgIpc) is 2.92. The Morgan fingerprint density at radius 1 is 1.07 bits per heavy atom. The number of nitrogens with zero attached hydrogens (tertiary/aromatic N) is 3. The van der Waals surface area contributed by atoms with Crippen LogP contribution in [0.1, 0.15) is 108 Å². The summed E-state index contributed by atoms with van der Waals surface area (Å²) in [7, 11) is 3.91. The van der Waals surface area contributed by atoms with E-state index in [4.69, 9.17) is 9.72 Å². The van der Waals surface area contributed by atoms with Crippen molar-refractivity contribution in [3.8, 4) is 0 Å². The van der Waals surface area contributed by atoms with E-state index < -0.39 is 5.54 Å². The first-order chi connectivity index (χ1) is 19.4. The summed E-state index contributed by atoms with van der Waals surface area (Å²) in [5.74, 6) is -0.112. The lowest BCUT2D eigenvalue weighted by atomic mass is 9.74. The van der Waals surface area contributed by atoms with Gasteiger partial charge in [0, 0.05) is 12.0 Å². The van der Waals surface area contributed by atoms with E-state index in [0.29, 0.717) is 31.2 Å². The Balaban J connectivity index is 1.33. The molecule has 0 amide bonds. The Bertz CT molecular complexity index is 1250. The first-order valence-electron chi connectivity index (χ1n) is 15.7. The Labute approximate surface area is 239 Å². The van der Waals surface area contributed by atoms with Gasteiger partial charge in [0.1, 0.15) is 11.2 Å². The van der Waals surface area contributed by atoms with Crippen LogP contribution in [0.4, 0.5) is 0 Å². The third-order valence-electron chi connectivity index (χ3n) is 9.83. The molecule has 0 spiro atoms. The largest absolute Gasteiger partial charge is 0.465 e. The summed E-state index contributed by atoms with van der Waals surface area (Å²) in [6.07, 6.45) is 16.4. The predicted octanol–water partition coefficient (Wildman–Crippen LogP) is 5.88. The molecule has 3 aliphatic rings. The fraction of sp³-hybridized carbons (Fsp3) is 0.667. The number of fused-ring (bicyclic) bond motifs is 1. The second kappa shape index (κ2) is 13.0. The zero-order chi connectivity index (χ0) is 28.1. The molecule has 40 heavy (non-hydrogen) atoms. The molecule has 7 nitrogen and oxygen atoms in total. The van der Waals surface area contributed by atoms with E-state index >= 15 is 0 Å². The lowest BCUT2D eigenvalue weighted by Gasteiger charge is -2.42. The van der Waals surface area contributed by atoms with Crippen molar-refractivity contribution >= 4 is 17.0 Å². The van der Waals surface area contributed by atoms with E-state index in [1.807, 2.05) is 54.8 Å². The molecule has 2 saturated carbocycles. The van der Waals surface area contributed by atoms with E-state index in [9.17, 15) is 9.59 Å². The minimum Gasteiger partial charge on any atom is -0.465 e. The first-order valence-corrected chi connectivity index (χ1v) is 15.7. The molecule has 0 bridgehead atoms. The number of ether oxygens (including phenoxy) is 1. The maximum Gasteiger partial charge on any atom is 0.326 e. The number of aromatic nitrogens is 2. The van der Waals surface area contributed by atoms with Gasteiger partial charge in [0.05, 0.1) is 23.7 Å². The number of likely N-dealkylation sites (N-methyl/N-ethyl adjacent to an activating group) is 1. The van der Waals surface area contributed by atoms with Gasteiger partial charge < -0.3 is 10.1 Å². The molecule has 0 aliphatic heterocycles. The molecule has 1 aromatic carbocycles. The molecule has 2 aromatic rings. The molecule has 3 aliphatic carbocycles. The number of benzene rings is 1. The number of carbonyl (C=O) groups is 1. The van der Waals surface area contributed by atoms with E-state index in [1.165, 1.54) is 50.5 Å². The highest BCUT2D eigenvalue weighted by Gasteiger charge is 2.46. The Morgan fingerprint density at radius 2 is 1.77 bits per heavy atom. The summed E-state index contributed by atoms with van der Waals surface area (Å²) in [6.45, 7) is 3.20. The van der Waals surface area contributed by atoms with Crippen LogP contribution in [0.3, 0.4) is 0 Å². The van der Waals surface area contributed by atoms with Crippen LogP contribution in [0.5, 0.6) is 0 Å². The SMILES string of the molecule is CCOC(=O)C1(N(C)C)CCC(c2nc3ccccc3n([C@@H]3CC=C3CCNC3CCCCCCC3)c2=O)CC1. The van der Waals surface area contributed by atoms with Crippen molar-refractivity contribution in [3.05, 3.63) is 52.0 Å². The maximum absolute atomic E-state index is 14.1. The first kappa shape index (κ1) is 29.0. The molecule has 1 atom stereocenters. The van der Waals surface area contributed by atoms with Gasteiger partial charge in [-0.15, -0.1) is 0 Å². The number of para-hydroxylation sites is 2. The van der Waals surface area contributed by atoms with Gasteiger partial charge in [-0.1, -0.05) is 50.3 Å². The zero-order valence-electron chi connectivity index (χ0n) is 24.8. The minimum absolute atomic E-state index is 0.0411. The highest BCUT2D eigenvalue weighted by molar-refractivity contribution is 5.81. The van der Waals surface area contributed by atoms with Crippen LogP contribution in [0, 0.1) is 0 Å². The summed E-state index contributed by atoms with van der Waals surface area (Å²) >= 11 is 0. The van der Waals surface area contributed by atoms with Gasteiger partial charge in [-0.3, -0.25) is 19.1 Å². The molecule has 0 saturated heterocycles. The molecule has 2 fully saturated rings. The van der Waals surface area contributed by atoms with Gasteiger partial charge >= 0.3 is 5.97 Å². The van der Waals surface area contributed by atoms with Crippen LogP contribution >= 0.6 is 0 Å². The highest BCUT2D eigenvalue weighted by atomic mass is 16.5. The van der Waals surface area contributed by atoms with Crippen molar-refractivity contribution in [2.75, 3.05) is 27.2 Å². The number of hydrogen-bond acceptors (Lipinski definition) is 6. The van der Waals surface area contributed by atoms with Gasteiger partial charge in [-0.2, -0.15) is 0 Å². The second-order valence-corrected chi connectivity index (χ2v) is 12.4. The van der Waals surface area contributed by atoms with Crippen molar-refractivity contribution in [3.63, 3.8) is 0 Å². The normalized spacial score (nSPS) is 26.1. The van der Waals surface area contributed by atoms with E-state index in [0.717, 1.165) is 43.3 Å². The molecular formula is C33H48N4O3.